The van der Waals surface area contributed by atoms with E-state index in [1.54, 1.807) is 18.2 Å². The van der Waals surface area contributed by atoms with Crippen molar-refractivity contribution in [3.63, 3.8) is 0 Å². The first-order valence-corrected chi connectivity index (χ1v) is 3.37. The van der Waals surface area contributed by atoms with Gasteiger partial charge in [-0.1, -0.05) is 18.2 Å². The molecule has 0 saturated carbocycles. The monoisotopic (exact) mass is 159 g/mol. The highest BCUT2D eigenvalue weighted by molar-refractivity contribution is 6.19. The molecule has 0 aliphatic heterocycles. The number of non-ortho nitro benzene ring substituents is 1. The van der Waals surface area contributed by atoms with Crippen LogP contribution < -0.4 is 0 Å². The average Bonchev–Trinajstić information content (AvgIpc) is 2.05. The Hall–Kier alpha value is -1.58. The second kappa shape index (κ2) is 3.71. The maximum absolute atomic E-state index is 10.3. The third kappa shape index (κ3) is 1.95. The Kier molecular flexibility index (Phi) is 2.64. The number of hydrogen-bond donors (Lipinski definition) is 0. The normalized spacial score (nSPS) is 10.3. The van der Waals surface area contributed by atoms with Gasteiger partial charge in [0.2, 0.25) is 0 Å². The second-order valence-electron chi connectivity index (χ2n) is 2.21. The summed E-state index contributed by atoms with van der Waals surface area (Å²) in [7, 11) is 5.14. The summed E-state index contributed by atoms with van der Waals surface area (Å²) >= 11 is 0. The fraction of sp³-hybridized carbons (Fsp3) is 0. The van der Waals surface area contributed by atoms with Gasteiger partial charge in [0.1, 0.15) is 7.85 Å². The topological polar surface area (TPSA) is 43.1 Å². The first kappa shape index (κ1) is 8.52. The van der Waals surface area contributed by atoms with Gasteiger partial charge in [0.15, 0.2) is 0 Å². The molecule has 0 N–H and O–H groups in total. The van der Waals surface area contributed by atoms with Crippen LogP contribution in [0.2, 0.25) is 0 Å². The van der Waals surface area contributed by atoms with Crippen molar-refractivity contribution in [2.45, 2.75) is 0 Å². The number of hydrogen-bond acceptors (Lipinski definition) is 2. The van der Waals surface area contributed by atoms with E-state index in [0.29, 0.717) is 0 Å². The van der Waals surface area contributed by atoms with Crippen LogP contribution in [0.1, 0.15) is 5.56 Å². The fourth-order valence-corrected chi connectivity index (χ4v) is 0.853. The molecule has 0 fully saturated rings. The molecular formula is C8H6BNO2. The van der Waals surface area contributed by atoms with Crippen LogP contribution in [0.5, 0.6) is 0 Å². The number of nitro benzene ring substituents is 1. The highest BCUT2D eigenvalue weighted by Gasteiger charge is 2.02. The Labute approximate surface area is 71.3 Å². The molecule has 0 aliphatic rings. The molecule has 0 aromatic heterocycles. The van der Waals surface area contributed by atoms with Gasteiger partial charge in [0.05, 0.1) is 4.92 Å². The molecule has 0 bridgehead atoms. The molecule has 0 aliphatic carbocycles. The highest BCUT2D eigenvalue weighted by Crippen LogP contribution is 2.13. The van der Waals surface area contributed by atoms with Crippen LogP contribution in [0.15, 0.2) is 30.2 Å². The first-order valence-electron chi connectivity index (χ1n) is 3.37. The maximum atomic E-state index is 10.3. The van der Waals surface area contributed by atoms with E-state index in [9.17, 15) is 10.1 Å². The molecule has 58 valence electrons. The third-order valence-corrected chi connectivity index (χ3v) is 1.37. The highest BCUT2D eigenvalue weighted by atomic mass is 16.6. The Morgan fingerprint density at radius 1 is 1.50 bits per heavy atom. The van der Waals surface area contributed by atoms with Crippen molar-refractivity contribution in [1.82, 2.24) is 0 Å². The summed E-state index contributed by atoms with van der Waals surface area (Å²) < 4.78 is 0. The van der Waals surface area contributed by atoms with Gasteiger partial charge in [-0.2, -0.15) is 0 Å². The molecule has 0 amide bonds. The van der Waals surface area contributed by atoms with Crippen molar-refractivity contribution in [3.05, 3.63) is 45.9 Å². The summed E-state index contributed by atoms with van der Waals surface area (Å²) in [5, 5.41) is 10.3. The molecule has 0 unspecified atom stereocenters. The lowest BCUT2D eigenvalue weighted by Crippen LogP contribution is -1.87. The van der Waals surface area contributed by atoms with Crippen LogP contribution >= 0.6 is 0 Å². The summed E-state index contributed by atoms with van der Waals surface area (Å²) in [6, 6.07) is 6.26. The third-order valence-electron chi connectivity index (χ3n) is 1.37. The number of nitrogens with zero attached hydrogens (tertiary/aromatic N) is 1. The van der Waals surface area contributed by atoms with Crippen LogP contribution in [0.3, 0.4) is 0 Å². The lowest BCUT2D eigenvalue weighted by Gasteiger charge is -1.92. The molecule has 2 radical (unpaired) electrons. The zero-order valence-electron chi connectivity index (χ0n) is 6.31. The minimum Gasteiger partial charge on any atom is -0.258 e. The standard InChI is InChI=1S/C8H6BNO2/c9-5-4-7-2-1-3-8(6-7)10(11)12/h1-6H/b5-4+. The zero-order chi connectivity index (χ0) is 8.97. The Morgan fingerprint density at radius 3 is 2.83 bits per heavy atom. The van der Waals surface area contributed by atoms with Crippen molar-refractivity contribution in [1.29, 1.82) is 0 Å². The van der Waals surface area contributed by atoms with E-state index < -0.39 is 4.92 Å². The predicted octanol–water partition coefficient (Wildman–Crippen LogP) is 1.73. The molecule has 1 aromatic carbocycles. The van der Waals surface area contributed by atoms with E-state index in [0.717, 1.165) is 5.56 Å². The molecule has 0 saturated heterocycles. The maximum Gasteiger partial charge on any atom is 0.270 e. The van der Waals surface area contributed by atoms with Crippen LogP contribution in [-0.4, -0.2) is 12.8 Å². The molecule has 0 atom stereocenters. The fourth-order valence-electron chi connectivity index (χ4n) is 0.853. The van der Waals surface area contributed by atoms with E-state index in [1.807, 2.05) is 0 Å². The van der Waals surface area contributed by atoms with Gasteiger partial charge in [0.25, 0.3) is 5.69 Å². The van der Waals surface area contributed by atoms with Gasteiger partial charge in [-0.25, -0.2) is 0 Å². The molecule has 0 spiro atoms. The summed E-state index contributed by atoms with van der Waals surface area (Å²) in [6.07, 6.45) is 1.60. The first-order chi connectivity index (χ1) is 5.74. The van der Waals surface area contributed by atoms with Gasteiger partial charge in [-0.15, -0.1) is 5.98 Å². The molecule has 0 heterocycles. The average molecular weight is 159 g/mol. The summed E-state index contributed by atoms with van der Waals surface area (Å²) in [5.74, 6) is 1.35. The van der Waals surface area contributed by atoms with Crippen molar-refractivity contribution in [2.75, 3.05) is 0 Å². The zero-order valence-corrected chi connectivity index (χ0v) is 6.31. The minimum atomic E-state index is -0.437. The van der Waals surface area contributed by atoms with Crippen LogP contribution in [0.4, 0.5) is 5.69 Å². The van der Waals surface area contributed by atoms with Crippen LogP contribution in [-0.2, 0) is 0 Å². The Morgan fingerprint density at radius 2 is 2.25 bits per heavy atom. The van der Waals surface area contributed by atoms with Crippen molar-refractivity contribution in [2.24, 2.45) is 0 Å². The molecule has 3 nitrogen and oxygen atoms in total. The lowest BCUT2D eigenvalue weighted by molar-refractivity contribution is -0.384. The second-order valence-corrected chi connectivity index (χ2v) is 2.21. The van der Waals surface area contributed by atoms with E-state index in [4.69, 9.17) is 7.85 Å². The Bertz CT molecular complexity index is 323. The quantitative estimate of drug-likeness (QED) is 0.374. The number of rotatable bonds is 2. The lowest BCUT2D eigenvalue weighted by atomic mass is 10.1. The van der Waals surface area contributed by atoms with Crippen molar-refractivity contribution in [3.8, 4) is 0 Å². The summed E-state index contributed by atoms with van der Waals surface area (Å²) in [4.78, 5) is 9.87. The summed E-state index contributed by atoms with van der Waals surface area (Å²) in [5.41, 5.74) is 0.803. The van der Waals surface area contributed by atoms with Gasteiger partial charge < -0.3 is 0 Å². The van der Waals surface area contributed by atoms with E-state index >= 15 is 0 Å². The van der Waals surface area contributed by atoms with Gasteiger partial charge >= 0.3 is 0 Å². The van der Waals surface area contributed by atoms with Crippen molar-refractivity contribution >= 4 is 19.6 Å². The van der Waals surface area contributed by atoms with Crippen LogP contribution in [0, 0.1) is 10.1 Å². The van der Waals surface area contributed by atoms with Gasteiger partial charge in [-0.05, 0) is 5.56 Å². The Balaban J connectivity index is 3.03. The van der Waals surface area contributed by atoms with E-state index in [2.05, 4.69) is 0 Å². The number of benzene rings is 1. The van der Waals surface area contributed by atoms with Crippen molar-refractivity contribution < 1.29 is 4.92 Å². The van der Waals surface area contributed by atoms with E-state index in [-0.39, 0.29) is 5.69 Å². The largest absolute Gasteiger partial charge is 0.270 e. The molecule has 1 aromatic rings. The smallest absolute Gasteiger partial charge is 0.258 e. The predicted molar refractivity (Wildman–Crippen MR) is 47.9 cm³/mol. The molecule has 1 rings (SSSR count). The molecular weight excluding hydrogens is 153 g/mol. The number of nitro groups is 1. The minimum absolute atomic E-state index is 0.0746. The summed E-state index contributed by atoms with van der Waals surface area (Å²) in [6.45, 7) is 0. The molecule has 12 heavy (non-hydrogen) atoms. The van der Waals surface area contributed by atoms with E-state index in [1.165, 1.54) is 18.1 Å². The molecule has 4 heteroatoms. The van der Waals surface area contributed by atoms with Gasteiger partial charge in [-0.3, -0.25) is 10.1 Å². The SMILES string of the molecule is [B]/C=C/c1cccc([N+](=O)[O-])c1. The van der Waals surface area contributed by atoms with Crippen LogP contribution in [0.25, 0.3) is 6.08 Å². The van der Waals surface area contributed by atoms with Gasteiger partial charge in [0, 0.05) is 12.1 Å².